The summed E-state index contributed by atoms with van der Waals surface area (Å²) in [6, 6.07) is 0. The number of nitrogens with two attached hydrogens (primary N) is 1. The minimum absolute atomic E-state index is 0.138. The number of amides is 1. The lowest BCUT2D eigenvalue weighted by atomic mass is 10.3. The van der Waals surface area contributed by atoms with Gasteiger partial charge in [-0.25, -0.2) is 4.98 Å². The topological polar surface area (TPSA) is 80.5 Å². The summed E-state index contributed by atoms with van der Waals surface area (Å²) < 4.78 is 5.01. The summed E-state index contributed by atoms with van der Waals surface area (Å²) >= 11 is 1.28. The molecule has 1 aromatic heterocycles. The average molecular weight is 298 g/mol. The Balaban J connectivity index is 2.81. The van der Waals surface area contributed by atoms with Crippen molar-refractivity contribution in [2.24, 2.45) is 0 Å². The molecule has 0 unspecified atom stereocenters. The molecular weight excluding hydrogens is 276 g/mol. The summed E-state index contributed by atoms with van der Waals surface area (Å²) in [5, 5.41) is 3.82. The number of nitrogen functional groups attached to an aromatic ring is 1. The summed E-state index contributed by atoms with van der Waals surface area (Å²) in [5.41, 5.74) is 5.83. The first-order valence-electron chi connectivity index (χ1n) is 6.53. The van der Waals surface area contributed by atoms with Gasteiger partial charge in [0.25, 0.3) is 5.91 Å². The van der Waals surface area contributed by atoms with Crippen LogP contribution in [0, 0.1) is 0 Å². The van der Waals surface area contributed by atoms with Crippen molar-refractivity contribution < 1.29 is 9.53 Å². The number of anilines is 2. The standard InChI is InChI=1S/C13H22N4O2S/c1-4-6-15-13-16-11(14)10(20-13)12(18)17(7-5-2)8-9-19-3/h5H,2,4,6-9,14H2,1,3H3,(H,15,16). The van der Waals surface area contributed by atoms with Gasteiger partial charge in [0.15, 0.2) is 5.13 Å². The lowest BCUT2D eigenvalue weighted by Crippen LogP contribution is -2.34. The first kappa shape index (κ1) is 16.5. The minimum Gasteiger partial charge on any atom is -0.383 e. The normalized spacial score (nSPS) is 10.3. The number of aromatic nitrogens is 1. The molecule has 0 aliphatic carbocycles. The van der Waals surface area contributed by atoms with E-state index in [2.05, 4.69) is 23.8 Å². The van der Waals surface area contributed by atoms with E-state index < -0.39 is 0 Å². The quantitative estimate of drug-likeness (QED) is 0.680. The SMILES string of the molecule is C=CCN(CCOC)C(=O)c1sc(NCCC)nc1N. The van der Waals surface area contributed by atoms with E-state index in [1.807, 2.05) is 0 Å². The van der Waals surface area contributed by atoms with Gasteiger partial charge in [-0.3, -0.25) is 4.79 Å². The lowest BCUT2D eigenvalue weighted by Gasteiger charge is -2.19. The molecule has 1 amide bonds. The molecule has 0 radical (unpaired) electrons. The third-order valence-electron chi connectivity index (χ3n) is 2.58. The number of thiazole rings is 1. The number of carbonyl (C=O) groups is 1. The van der Waals surface area contributed by atoms with Crippen LogP contribution in [0.15, 0.2) is 12.7 Å². The van der Waals surface area contributed by atoms with E-state index in [-0.39, 0.29) is 11.7 Å². The minimum atomic E-state index is -0.138. The van der Waals surface area contributed by atoms with Gasteiger partial charge >= 0.3 is 0 Å². The fraction of sp³-hybridized carbons (Fsp3) is 0.538. The van der Waals surface area contributed by atoms with Crippen molar-refractivity contribution >= 4 is 28.2 Å². The third-order valence-corrected chi connectivity index (χ3v) is 3.59. The number of ether oxygens (including phenoxy) is 1. The number of methoxy groups -OCH3 is 1. The Morgan fingerprint density at radius 3 is 3.00 bits per heavy atom. The molecule has 0 bridgehead atoms. The van der Waals surface area contributed by atoms with Gasteiger partial charge in [0.2, 0.25) is 0 Å². The van der Waals surface area contributed by atoms with Crippen molar-refractivity contribution in [1.29, 1.82) is 0 Å². The van der Waals surface area contributed by atoms with Crippen LogP contribution in [0.3, 0.4) is 0 Å². The monoisotopic (exact) mass is 298 g/mol. The van der Waals surface area contributed by atoms with E-state index in [0.29, 0.717) is 29.7 Å². The van der Waals surface area contributed by atoms with Gasteiger partial charge in [0, 0.05) is 26.7 Å². The maximum absolute atomic E-state index is 12.4. The molecular formula is C13H22N4O2S. The van der Waals surface area contributed by atoms with Crippen LogP contribution in [0.25, 0.3) is 0 Å². The highest BCUT2D eigenvalue weighted by Gasteiger charge is 2.21. The molecule has 112 valence electrons. The first-order valence-corrected chi connectivity index (χ1v) is 7.34. The molecule has 0 spiro atoms. The zero-order valence-electron chi connectivity index (χ0n) is 12.0. The van der Waals surface area contributed by atoms with Crippen LogP contribution in [0.5, 0.6) is 0 Å². The van der Waals surface area contributed by atoms with Crippen LogP contribution in [0.2, 0.25) is 0 Å². The van der Waals surface area contributed by atoms with Crippen molar-refractivity contribution in [3.63, 3.8) is 0 Å². The van der Waals surface area contributed by atoms with Gasteiger partial charge in [0.1, 0.15) is 10.7 Å². The van der Waals surface area contributed by atoms with Crippen LogP contribution in [-0.4, -0.2) is 49.1 Å². The molecule has 20 heavy (non-hydrogen) atoms. The summed E-state index contributed by atoms with van der Waals surface area (Å²) in [4.78, 5) is 18.7. The average Bonchev–Trinajstić information content (AvgIpc) is 2.81. The van der Waals surface area contributed by atoms with Gasteiger partial charge in [-0.05, 0) is 6.42 Å². The van der Waals surface area contributed by atoms with Crippen LogP contribution in [0.1, 0.15) is 23.0 Å². The van der Waals surface area contributed by atoms with Gasteiger partial charge in [0.05, 0.1) is 6.61 Å². The number of nitrogens with zero attached hydrogens (tertiary/aromatic N) is 2. The van der Waals surface area contributed by atoms with Crippen LogP contribution >= 0.6 is 11.3 Å². The van der Waals surface area contributed by atoms with Gasteiger partial charge in [-0.1, -0.05) is 24.3 Å². The molecule has 0 aliphatic heterocycles. The second-order valence-corrected chi connectivity index (χ2v) is 5.19. The molecule has 0 saturated heterocycles. The summed E-state index contributed by atoms with van der Waals surface area (Å²) in [6.07, 6.45) is 2.67. The van der Waals surface area contributed by atoms with Crippen molar-refractivity contribution in [2.75, 3.05) is 44.4 Å². The summed E-state index contributed by atoms with van der Waals surface area (Å²) in [6.45, 7) is 7.95. The number of hydrogen-bond acceptors (Lipinski definition) is 6. The maximum Gasteiger partial charge on any atom is 0.268 e. The van der Waals surface area contributed by atoms with Crippen molar-refractivity contribution in [2.45, 2.75) is 13.3 Å². The molecule has 3 N–H and O–H groups in total. The zero-order chi connectivity index (χ0) is 15.0. The van der Waals surface area contributed by atoms with Crippen LogP contribution in [-0.2, 0) is 4.74 Å². The Morgan fingerprint density at radius 1 is 1.65 bits per heavy atom. The predicted octanol–water partition coefficient (Wildman–Crippen LogP) is 1.82. The number of hydrogen-bond donors (Lipinski definition) is 2. The van der Waals surface area contributed by atoms with E-state index in [1.54, 1.807) is 18.1 Å². The van der Waals surface area contributed by atoms with Crippen LogP contribution in [0.4, 0.5) is 10.9 Å². The Labute approximate surface area is 123 Å². The van der Waals surface area contributed by atoms with Gasteiger partial charge in [-0.15, -0.1) is 6.58 Å². The molecule has 6 nitrogen and oxygen atoms in total. The van der Waals surface area contributed by atoms with Crippen molar-refractivity contribution in [1.82, 2.24) is 9.88 Å². The molecule has 1 aromatic rings. The molecule has 0 aliphatic rings. The molecule has 0 saturated carbocycles. The Bertz CT molecular complexity index is 448. The molecule has 7 heteroatoms. The number of rotatable bonds is 9. The third kappa shape index (κ3) is 4.50. The summed E-state index contributed by atoms with van der Waals surface area (Å²) in [5.74, 6) is 0.131. The molecule has 0 atom stereocenters. The molecule has 1 heterocycles. The van der Waals surface area contributed by atoms with E-state index in [0.717, 1.165) is 13.0 Å². The second-order valence-electron chi connectivity index (χ2n) is 4.19. The van der Waals surface area contributed by atoms with Crippen LogP contribution < -0.4 is 11.1 Å². The highest BCUT2D eigenvalue weighted by molar-refractivity contribution is 7.18. The molecule has 0 fully saturated rings. The van der Waals surface area contributed by atoms with Crippen molar-refractivity contribution in [3.8, 4) is 0 Å². The van der Waals surface area contributed by atoms with E-state index in [1.165, 1.54) is 11.3 Å². The Kier molecular flexibility index (Phi) is 7.03. The highest BCUT2D eigenvalue weighted by atomic mass is 32.1. The Hall–Kier alpha value is -1.60. The van der Waals surface area contributed by atoms with Gasteiger partial charge in [-0.2, -0.15) is 0 Å². The lowest BCUT2D eigenvalue weighted by molar-refractivity contribution is 0.0723. The fourth-order valence-electron chi connectivity index (χ4n) is 1.57. The largest absolute Gasteiger partial charge is 0.383 e. The number of nitrogens with one attached hydrogen (secondary N) is 1. The van der Waals surface area contributed by atoms with Crippen molar-refractivity contribution in [3.05, 3.63) is 17.5 Å². The zero-order valence-corrected chi connectivity index (χ0v) is 12.8. The Morgan fingerprint density at radius 2 is 2.40 bits per heavy atom. The maximum atomic E-state index is 12.4. The molecule has 1 rings (SSSR count). The van der Waals surface area contributed by atoms with E-state index in [4.69, 9.17) is 10.5 Å². The highest BCUT2D eigenvalue weighted by Crippen LogP contribution is 2.26. The first-order chi connectivity index (χ1) is 9.63. The predicted molar refractivity (Wildman–Crippen MR) is 83.3 cm³/mol. The number of carbonyl (C=O) groups excluding carboxylic acids is 1. The van der Waals surface area contributed by atoms with E-state index >= 15 is 0 Å². The molecule has 0 aromatic carbocycles. The smallest absolute Gasteiger partial charge is 0.268 e. The van der Waals surface area contributed by atoms with Gasteiger partial charge < -0.3 is 20.7 Å². The summed E-state index contributed by atoms with van der Waals surface area (Å²) in [7, 11) is 1.60. The fourth-order valence-corrected chi connectivity index (χ4v) is 2.45. The van der Waals surface area contributed by atoms with E-state index in [9.17, 15) is 4.79 Å². The second kappa shape index (κ2) is 8.55.